The van der Waals surface area contributed by atoms with Crippen molar-refractivity contribution in [3.8, 4) is 0 Å². The fourth-order valence-electron chi connectivity index (χ4n) is 0.752. The minimum Gasteiger partial charge on any atom is -0.478 e. The number of carboxylic acid groups (broad SMARTS) is 1. The first-order valence-corrected chi connectivity index (χ1v) is 3.67. The predicted molar refractivity (Wildman–Crippen MR) is 43.5 cm³/mol. The van der Waals surface area contributed by atoms with E-state index in [2.05, 4.69) is 15.5 Å². The maximum Gasteiger partial charge on any atom is 0.337 e. The molecule has 0 unspecified atom stereocenters. The van der Waals surface area contributed by atoms with Crippen LogP contribution < -0.4 is 5.32 Å². The van der Waals surface area contributed by atoms with Crippen molar-refractivity contribution >= 4 is 11.8 Å². The molecule has 0 aliphatic rings. The summed E-state index contributed by atoms with van der Waals surface area (Å²) in [5.74, 6) is -1.16. The van der Waals surface area contributed by atoms with E-state index in [1.165, 1.54) is 0 Å². The number of hydrogen-bond donors (Lipinski definition) is 2. The normalized spacial score (nSPS) is 10.2. The van der Waals surface area contributed by atoms with Crippen LogP contribution >= 0.6 is 0 Å². The molecule has 1 aromatic heterocycles. The van der Waals surface area contributed by atoms with Gasteiger partial charge in [-0.2, -0.15) is 5.10 Å². The summed E-state index contributed by atoms with van der Waals surface area (Å²) in [5, 5.41) is 17.6. The molecule has 0 aromatic carbocycles. The van der Waals surface area contributed by atoms with Gasteiger partial charge >= 0.3 is 5.97 Å². The number of carbonyl (C=O) groups is 1. The summed E-state index contributed by atoms with van der Waals surface area (Å²) >= 11 is 0. The highest BCUT2D eigenvalue weighted by Gasteiger charge is 2.06. The first-order chi connectivity index (χ1) is 6.59. The summed E-state index contributed by atoms with van der Waals surface area (Å²) in [4.78, 5) is 10.4. The zero-order valence-corrected chi connectivity index (χ0v) is 6.94. The summed E-state index contributed by atoms with van der Waals surface area (Å²) in [6.07, 6.45) is -1.49. The van der Waals surface area contributed by atoms with Crippen molar-refractivity contribution in [2.24, 2.45) is 0 Å². The first kappa shape index (κ1) is 10.3. The number of rotatable bonds is 4. The number of nitrogens with zero attached hydrogens (tertiary/aromatic N) is 2. The lowest BCUT2D eigenvalue weighted by atomic mass is 10.3. The maximum absolute atomic E-state index is 11.8. The lowest BCUT2D eigenvalue weighted by Crippen LogP contribution is -2.12. The van der Waals surface area contributed by atoms with Crippen molar-refractivity contribution in [3.05, 3.63) is 17.8 Å². The van der Waals surface area contributed by atoms with E-state index in [1.54, 1.807) is 0 Å². The average molecular weight is 203 g/mol. The molecule has 0 saturated heterocycles. The van der Waals surface area contributed by atoms with E-state index in [4.69, 9.17) is 5.11 Å². The van der Waals surface area contributed by atoms with Gasteiger partial charge in [-0.3, -0.25) is 0 Å². The second-order valence-electron chi connectivity index (χ2n) is 2.41. The summed E-state index contributed by atoms with van der Waals surface area (Å²) < 4.78 is 23.5. The molecule has 2 N–H and O–H groups in total. The molecule has 0 bridgehead atoms. The molecule has 0 radical (unpaired) electrons. The number of carboxylic acids is 1. The Bertz CT molecular complexity index is 332. The van der Waals surface area contributed by atoms with E-state index in [9.17, 15) is 13.6 Å². The number of halogens is 2. The van der Waals surface area contributed by atoms with E-state index in [0.29, 0.717) is 0 Å². The monoisotopic (exact) mass is 203 g/mol. The van der Waals surface area contributed by atoms with Crippen LogP contribution in [0.2, 0.25) is 0 Å². The first-order valence-electron chi connectivity index (χ1n) is 3.67. The lowest BCUT2D eigenvalue weighted by molar-refractivity contribution is 0.0696. The highest BCUT2D eigenvalue weighted by atomic mass is 19.3. The quantitative estimate of drug-likeness (QED) is 0.758. The Morgan fingerprint density at radius 2 is 2.36 bits per heavy atom. The zero-order valence-electron chi connectivity index (χ0n) is 6.94. The highest BCUT2D eigenvalue weighted by Crippen LogP contribution is 2.05. The van der Waals surface area contributed by atoms with Crippen LogP contribution in [0.4, 0.5) is 14.6 Å². The second kappa shape index (κ2) is 4.45. The summed E-state index contributed by atoms with van der Waals surface area (Å²) in [6.45, 7) is -0.586. The van der Waals surface area contributed by atoms with E-state index < -0.39 is 18.9 Å². The predicted octanol–water partition coefficient (Wildman–Crippen LogP) is 0.852. The van der Waals surface area contributed by atoms with Gasteiger partial charge in [0.1, 0.15) is 5.82 Å². The van der Waals surface area contributed by atoms with Crippen molar-refractivity contribution in [2.45, 2.75) is 6.43 Å². The van der Waals surface area contributed by atoms with Gasteiger partial charge in [-0.05, 0) is 6.07 Å². The smallest absolute Gasteiger partial charge is 0.337 e. The van der Waals surface area contributed by atoms with Crippen LogP contribution in [0.25, 0.3) is 0 Å². The van der Waals surface area contributed by atoms with Crippen LogP contribution in [0.1, 0.15) is 10.4 Å². The molecular formula is C7H7F2N3O2. The van der Waals surface area contributed by atoms with Crippen LogP contribution in [0, 0.1) is 0 Å². The Kier molecular flexibility index (Phi) is 3.27. The molecule has 0 atom stereocenters. The fraction of sp³-hybridized carbons (Fsp3) is 0.286. The standard InChI is InChI=1S/C7H7F2N3O2/c8-5(9)3-10-6-1-4(7(13)14)2-11-12-6/h1-2,5H,3H2,(H,10,12)(H,13,14). The molecule has 0 amide bonds. The number of alkyl halides is 2. The Balaban J connectivity index is 2.69. The van der Waals surface area contributed by atoms with Crippen LogP contribution in [-0.4, -0.2) is 34.2 Å². The molecular weight excluding hydrogens is 196 g/mol. The Labute approximate surface area is 77.8 Å². The van der Waals surface area contributed by atoms with Crippen LogP contribution in [0.5, 0.6) is 0 Å². The van der Waals surface area contributed by atoms with Gasteiger partial charge in [-0.1, -0.05) is 0 Å². The minimum atomic E-state index is -2.52. The molecule has 1 heterocycles. The molecule has 7 heteroatoms. The molecule has 0 aliphatic heterocycles. The molecule has 1 rings (SSSR count). The molecule has 14 heavy (non-hydrogen) atoms. The summed E-state index contributed by atoms with van der Waals surface area (Å²) in [5.41, 5.74) is -0.100. The SMILES string of the molecule is O=C(O)c1cnnc(NCC(F)F)c1. The third-order valence-corrected chi connectivity index (χ3v) is 1.34. The van der Waals surface area contributed by atoms with E-state index >= 15 is 0 Å². The topological polar surface area (TPSA) is 75.1 Å². The Morgan fingerprint density at radius 1 is 1.64 bits per heavy atom. The van der Waals surface area contributed by atoms with Crippen molar-refractivity contribution < 1.29 is 18.7 Å². The van der Waals surface area contributed by atoms with Crippen molar-refractivity contribution in [2.75, 3.05) is 11.9 Å². The van der Waals surface area contributed by atoms with Crippen molar-refractivity contribution in [1.82, 2.24) is 10.2 Å². The van der Waals surface area contributed by atoms with Crippen LogP contribution in [0.3, 0.4) is 0 Å². The highest BCUT2D eigenvalue weighted by molar-refractivity contribution is 5.87. The van der Waals surface area contributed by atoms with Crippen molar-refractivity contribution in [3.63, 3.8) is 0 Å². The second-order valence-corrected chi connectivity index (χ2v) is 2.41. The summed E-state index contributed by atoms with van der Waals surface area (Å²) in [6, 6.07) is 1.14. The molecule has 1 aromatic rings. The zero-order chi connectivity index (χ0) is 10.6. The van der Waals surface area contributed by atoms with Gasteiger partial charge in [0.25, 0.3) is 6.43 Å². The maximum atomic E-state index is 11.8. The number of anilines is 1. The van der Waals surface area contributed by atoms with Crippen molar-refractivity contribution in [1.29, 1.82) is 0 Å². The molecule has 76 valence electrons. The Morgan fingerprint density at radius 3 is 2.93 bits per heavy atom. The average Bonchev–Trinajstić information content (AvgIpc) is 2.15. The van der Waals surface area contributed by atoms with Crippen LogP contribution in [-0.2, 0) is 0 Å². The molecule has 0 aliphatic carbocycles. The van der Waals surface area contributed by atoms with E-state index in [1.807, 2.05) is 0 Å². The summed E-state index contributed by atoms with van der Waals surface area (Å²) in [7, 11) is 0. The van der Waals surface area contributed by atoms with Crippen LogP contribution in [0.15, 0.2) is 12.3 Å². The third-order valence-electron chi connectivity index (χ3n) is 1.34. The van der Waals surface area contributed by atoms with Gasteiger partial charge in [0, 0.05) is 0 Å². The lowest BCUT2D eigenvalue weighted by Gasteiger charge is -2.03. The molecule has 0 spiro atoms. The number of aromatic nitrogens is 2. The molecule has 0 saturated carbocycles. The third kappa shape index (κ3) is 2.92. The number of aromatic carboxylic acids is 1. The van der Waals surface area contributed by atoms with Gasteiger partial charge in [-0.25, -0.2) is 13.6 Å². The molecule has 5 nitrogen and oxygen atoms in total. The fourth-order valence-corrected chi connectivity index (χ4v) is 0.752. The largest absolute Gasteiger partial charge is 0.478 e. The van der Waals surface area contributed by atoms with Gasteiger partial charge < -0.3 is 10.4 Å². The van der Waals surface area contributed by atoms with Gasteiger partial charge in [-0.15, -0.1) is 5.10 Å². The van der Waals surface area contributed by atoms with E-state index in [-0.39, 0.29) is 11.4 Å². The van der Waals surface area contributed by atoms with Gasteiger partial charge in [0.05, 0.1) is 18.3 Å². The number of hydrogen-bond acceptors (Lipinski definition) is 4. The number of nitrogens with one attached hydrogen (secondary N) is 1. The van der Waals surface area contributed by atoms with Gasteiger partial charge in [0.2, 0.25) is 0 Å². The minimum absolute atomic E-state index is 0.0187. The molecule has 0 fully saturated rings. The van der Waals surface area contributed by atoms with E-state index in [0.717, 1.165) is 12.3 Å². The Hall–Kier alpha value is -1.79. The van der Waals surface area contributed by atoms with Gasteiger partial charge in [0.15, 0.2) is 0 Å².